The molecule has 3 aromatic rings. The molecule has 0 saturated heterocycles. The molecule has 0 aromatic carbocycles. The highest BCUT2D eigenvalue weighted by Crippen LogP contribution is 2.34. The monoisotopic (exact) mass is 362 g/mol. The van der Waals surface area contributed by atoms with Crippen LogP contribution in [0.4, 0.5) is 5.82 Å². The molecule has 0 aliphatic heterocycles. The Bertz CT molecular complexity index is 910. The van der Waals surface area contributed by atoms with Gasteiger partial charge in [-0.15, -0.1) is 22.7 Å². The number of methoxy groups -OCH3 is 1. The minimum Gasteiger partial charge on any atom is -0.465 e. The van der Waals surface area contributed by atoms with Crippen molar-refractivity contribution in [2.24, 2.45) is 0 Å². The average molecular weight is 362 g/mol. The van der Waals surface area contributed by atoms with E-state index in [1.54, 1.807) is 11.3 Å². The van der Waals surface area contributed by atoms with Crippen LogP contribution < -0.4 is 5.32 Å². The van der Waals surface area contributed by atoms with Gasteiger partial charge in [0, 0.05) is 4.88 Å². The molecular formula is C16H18N4O2S2. The second-order valence-electron chi connectivity index (χ2n) is 5.45. The third-order valence-corrected chi connectivity index (χ3v) is 5.99. The Hall–Kier alpha value is -2.06. The molecule has 8 heteroatoms. The first-order valence-electron chi connectivity index (χ1n) is 7.43. The molecule has 0 aliphatic carbocycles. The first-order valence-corrected chi connectivity index (χ1v) is 9.06. The number of fused-ring (bicyclic) bond motifs is 1. The molecule has 0 fully saturated rings. The third-order valence-electron chi connectivity index (χ3n) is 3.75. The van der Waals surface area contributed by atoms with Gasteiger partial charge in [-0.2, -0.15) is 0 Å². The van der Waals surface area contributed by atoms with Crippen molar-refractivity contribution >= 4 is 44.7 Å². The Morgan fingerprint density at radius 1 is 1.12 bits per heavy atom. The van der Waals surface area contributed by atoms with E-state index in [2.05, 4.69) is 27.2 Å². The highest BCUT2D eigenvalue weighted by atomic mass is 32.1. The summed E-state index contributed by atoms with van der Waals surface area (Å²) in [5, 5.41) is 5.23. The molecular weight excluding hydrogens is 344 g/mol. The largest absolute Gasteiger partial charge is 0.465 e. The number of aryl methyl sites for hydroxylation is 4. The average Bonchev–Trinajstić information content (AvgIpc) is 3.04. The summed E-state index contributed by atoms with van der Waals surface area (Å²) >= 11 is 3.01. The number of anilines is 1. The van der Waals surface area contributed by atoms with Crippen LogP contribution in [0.15, 0.2) is 0 Å². The minimum atomic E-state index is -0.342. The molecule has 0 radical (unpaired) electrons. The van der Waals surface area contributed by atoms with Crippen LogP contribution in [0.1, 0.15) is 36.6 Å². The van der Waals surface area contributed by atoms with E-state index < -0.39 is 0 Å². The van der Waals surface area contributed by atoms with Gasteiger partial charge in [0.15, 0.2) is 0 Å². The lowest BCUT2D eigenvalue weighted by Crippen LogP contribution is -2.04. The van der Waals surface area contributed by atoms with Crippen LogP contribution in [0.2, 0.25) is 0 Å². The van der Waals surface area contributed by atoms with Gasteiger partial charge in [0.2, 0.25) is 0 Å². The number of rotatable bonds is 4. The Balaban J connectivity index is 2.00. The second kappa shape index (κ2) is 6.45. The highest BCUT2D eigenvalue weighted by Gasteiger charge is 2.20. The molecule has 126 valence electrons. The number of aromatic nitrogens is 3. The fraction of sp³-hybridized carbons (Fsp3) is 0.375. The highest BCUT2D eigenvalue weighted by molar-refractivity contribution is 7.20. The first kappa shape index (κ1) is 16.8. The van der Waals surface area contributed by atoms with Crippen LogP contribution in [-0.2, 0) is 11.3 Å². The van der Waals surface area contributed by atoms with Crippen molar-refractivity contribution in [3.05, 3.63) is 31.8 Å². The van der Waals surface area contributed by atoms with Crippen molar-refractivity contribution in [1.29, 1.82) is 0 Å². The standard InChI is InChI=1S/C16H18N4O2S2/c1-7-12-14(17-6-11-18-8(2)9(3)23-11)19-10(4)20-15(12)24-13(7)16(21)22-5/h6H2,1-5H3,(H,17,19,20). The lowest BCUT2D eigenvalue weighted by Gasteiger charge is -2.07. The normalized spacial score (nSPS) is 11.0. The molecule has 0 atom stereocenters. The Morgan fingerprint density at radius 3 is 2.50 bits per heavy atom. The number of ether oxygens (including phenoxy) is 1. The number of hydrogen-bond acceptors (Lipinski definition) is 8. The van der Waals surface area contributed by atoms with Crippen LogP contribution in [-0.4, -0.2) is 28.0 Å². The van der Waals surface area contributed by atoms with Crippen LogP contribution >= 0.6 is 22.7 Å². The Morgan fingerprint density at radius 2 is 1.88 bits per heavy atom. The molecule has 0 amide bonds. The summed E-state index contributed by atoms with van der Waals surface area (Å²) in [4.78, 5) is 28.0. The number of nitrogens with zero attached hydrogens (tertiary/aromatic N) is 3. The van der Waals surface area contributed by atoms with Crippen molar-refractivity contribution in [1.82, 2.24) is 15.0 Å². The summed E-state index contributed by atoms with van der Waals surface area (Å²) in [5.74, 6) is 1.05. The van der Waals surface area contributed by atoms with Gasteiger partial charge in [-0.05, 0) is 33.3 Å². The van der Waals surface area contributed by atoms with Crippen LogP contribution in [0, 0.1) is 27.7 Å². The van der Waals surface area contributed by atoms with E-state index in [0.717, 1.165) is 32.3 Å². The number of thiophene rings is 1. The van der Waals surface area contributed by atoms with E-state index in [9.17, 15) is 4.79 Å². The van der Waals surface area contributed by atoms with Gasteiger partial charge in [-0.1, -0.05) is 0 Å². The van der Waals surface area contributed by atoms with Gasteiger partial charge >= 0.3 is 5.97 Å². The van der Waals surface area contributed by atoms with Gasteiger partial charge in [0.05, 0.1) is 24.7 Å². The fourth-order valence-electron chi connectivity index (χ4n) is 2.43. The quantitative estimate of drug-likeness (QED) is 0.712. The molecule has 0 spiro atoms. The van der Waals surface area contributed by atoms with Crippen LogP contribution in [0.5, 0.6) is 0 Å². The molecule has 6 nitrogen and oxygen atoms in total. The predicted molar refractivity (Wildman–Crippen MR) is 97.1 cm³/mol. The summed E-state index contributed by atoms with van der Waals surface area (Å²) in [5.41, 5.74) is 1.90. The zero-order chi connectivity index (χ0) is 17.4. The number of carbonyl (C=O) groups is 1. The maximum atomic E-state index is 11.9. The summed E-state index contributed by atoms with van der Waals surface area (Å²) in [7, 11) is 1.38. The number of nitrogens with one attached hydrogen (secondary N) is 1. The number of thiazole rings is 1. The van der Waals surface area contributed by atoms with Gasteiger partial charge in [0.25, 0.3) is 0 Å². The maximum absolute atomic E-state index is 11.9. The first-order chi connectivity index (χ1) is 11.4. The van der Waals surface area contributed by atoms with Crippen molar-refractivity contribution in [2.45, 2.75) is 34.2 Å². The lowest BCUT2D eigenvalue weighted by molar-refractivity contribution is 0.0605. The topological polar surface area (TPSA) is 77.0 Å². The van der Waals surface area contributed by atoms with Gasteiger partial charge < -0.3 is 10.1 Å². The summed E-state index contributed by atoms with van der Waals surface area (Å²) in [6.07, 6.45) is 0. The van der Waals surface area contributed by atoms with Crippen molar-refractivity contribution < 1.29 is 9.53 Å². The van der Waals surface area contributed by atoms with Gasteiger partial charge in [-0.3, -0.25) is 0 Å². The van der Waals surface area contributed by atoms with Gasteiger partial charge in [0.1, 0.15) is 26.4 Å². The smallest absolute Gasteiger partial charge is 0.348 e. The van der Waals surface area contributed by atoms with E-state index in [1.807, 2.05) is 20.8 Å². The SMILES string of the molecule is COC(=O)c1sc2nc(C)nc(NCc3nc(C)c(C)s3)c2c1C. The number of carbonyl (C=O) groups excluding carboxylic acids is 1. The van der Waals surface area contributed by atoms with Crippen molar-refractivity contribution in [3.8, 4) is 0 Å². The maximum Gasteiger partial charge on any atom is 0.348 e. The summed E-state index contributed by atoms with van der Waals surface area (Å²) in [6, 6.07) is 0. The van der Waals surface area contributed by atoms with E-state index in [0.29, 0.717) is 17.2 Å². The molecule has 3 heterocycles. The Labute approximate surface area is 147 Å². The lowest BCUT2D eigenvalue weighted by atomic mass is 10.2. The molecule has 0 saturated carbocycles. The molecule has 3 rings (SSSR count). The summed E-state index contributed by atoms with van der Waals surface area (Å²) < 4.78 is 4.86. The second-order valence-corrected chi connectivity index (χ2v) is 7.74. The molecule has 0 bridgehead atoms. The van der Waals surface area contributed by atoms with Crippen LogP contribution in [0.25, 0.3) is 10.2 Å². The zero-order valence-corrected chi connectivity index (χ0v) is 15.8. The Kier molecular flexibility index (Phi) is 4.51. The van der Waals surface area contributed by atoms with Crippen molar-refractivity contribution in [2.75, 3.05) is 12.4 Å². The molecule has 24 heavy (non-hydrogen) atoms. The molecule has 1 N–H and O–H groups in total. The number of hydrogen-bond donors (Lipinski definition) is 1. The van der Waals surface area contributed by atoms with Gasteiger partial charge in [-0.25, -0.2) is 19.7 Å². The van der Waals surface area contributed by atoms with Crippen molar-refractivity contribution in [3.63, 3.8) is 0 Å². The fourth-order valence-corrected chi connectivity index (χ4v) is 4.45. The van der Waals surface area contributed by atoms with Crippen LogP contribution in [0.3, 0.4) is 0 Å². The molecule has 0 unspecified atom stereocenters. The third kappa shape index (κ3) is 2.99. The number of esters is 1. The van der Waals surface area contributed by atoms with E-state index >= 15 is 0 Å². The zero-order valence-electron chi connectivity index (χ0n) is 14.2. The van der Waals surface area contributed by atoms with E-state index in [1.165, 1.54) is 23.3 Å². The summed E-state index contributed by atoms with van der Waals surface area (Å²) in [6.45, 7) is 8.40. The minimum absolute atomic E-state index is 0.342. The molecule has 0 aliphatic rings. The molecule has 3 aromatic heterocycles. The van der Waals surface area contributed by atoms with E-state index in [4.69, 9.17) is 4.74 Å². The van der Waals surface area contributed by atoms with E-state index in [-0.39, 0.29) is 5.97 Å². The predicted octanol–water partition coefficient (Wildman–Crippen LogP) is 3.78.